The van der Waals surface area contributed by atoms with Gasteiger partial charge >= 0.3 is 5.97 Å². The summed E-state index contributed by atoms with van der Waals surface area (Å²) in [6.45, 7) is 1.96. The second-order valence-electron chi connectivity index (χ2n) is 3.91. The normalized spacial score (nSPS) is 10.7. The zero-order chi connectivity index (χ0) is 13.8. The van der Waals surface area contributed by atoms with Gasteiger partial charge in [-0.15, -0.1) is 0 Å². The molecule has 1 aromatic heterocycles. The van der Waals surface area contributed by atoms with E-state index in [-0.39, 0.29) is 17.9 Å². The Morgan fingerprint density at radius 1 is 1.37 bits per heavy atom. The molecule has 1 heterocycles. The molecule has 1 aromatic carbocycles. The number of carbonyl (C=O) groups excluding carboxylic acids is 1. The number of ether oxygens (including phenoxy) is 1. The molecule has 0 saturated heterocycles. The maximum Gasteiger partial charge on any atom is 0.355 e. The molecule has 2 aromatic rings. The van der Waals surface area contributed by atoms with E-state index in [0.29, 0.717) is 11.1 Å². The van der Waals surface area contributed by atoms with Crippen LogP contribution in [0.2, 0.25) is 0 Å². The van der Waals surface area contributed by atoms with Gasteiger partial charge in [-0.2, -0.15) is 0 Å². The van der Waals surface area contributed by atoms with Gasteiger partial charge in [0.15, 0.2) is 0 Å². The van der Waals surface area contributed by atoms with Crippen molar-refractivity contribution < 1.29 is 18.3 Å². The monoisotopic (exact) mass is 265 g/mol. The molecule has 0 aliphatic rings. The Bertz CT molecular complexity index is 578. The first kappa shape index (κ1) is 13.3. The van der Waals surface area contributed by atoms with Crippen LogP contribution in [0.4, 0.5) is 8.78 Å². The molecule has 5 heteroatoms. The second-order valence-corrected chi connectivity index (χ2v) is 3.91. The van der Waals surface area contributed by atoms with Crippen molar-refractivity contribution in [2.24, 2.45) is 0 Å². The minimum absolute atomic E-state index is 0.0755. The van der Waals surface area contributed by atoms with Crippen LogP contribution in [-0.2, 0) is 4.74 Å². The van der Waals surface area contributed by atoms with Crippen molar-refractivity contribution in [2.45, 2.75) is 13.3 Å². The zero-order valence-corrected chi connectivity index (χ0v) is 10.3. The number of aromatic nitrogens is 1. The number of carbonyl (C=O) groups is 1. The van der Waals surface area contributed by atoms with E-state index in [1.807, 2.05) is 0 Å². The highest BCUT2D eigenvalue weighted by atomic mass is 19.3. The number of nitrogens with one attached hydrogen (secondary N) is 1. The number of benzene rings is 1. The lowest BCUT2D eigenvalue weighted by atomic mass is 10.0. The molecule has 2 rings (SSSR count). The molecule has 0 aliphatic heterocycles. The van der Waals surface area contributed by atoms with Crippen molar-refractivity contribution >= 4 is 5.97 Å². The summed E-state index contributed by atoms with van der Waals surface area (Å²) >= 11 is 0. The Balaban J connectivity index is 2.40. The van der Waals surface area contributed by atoms with Crippen molar-refractivity contribution in [1.82, 2.24) is 4.98 Å². The zero-order valence-electron chi connectivity index (χ0n) is 10.3. The number of hydrogen-bond donors (Lipinski definition) is 1. The molecule has 0 bridgehead atoms. The summed E-state index contributed by atoms with van der Waals surface area (Å²) in [6, 6.07) is 7.61. The molecule has 0 radical (unpaired) electrons. The summed E-state index contributed by atoms with van der Waals surface area (Å²) in [4.78, 5) is 14.5. The fraction of sp³-hybridized carbons (Fsp3) is 0.214. The minimum atomic E-state index is -2.54. The number of aromatic amines is 1. The first-order chi connectivity index (χ1) is 9.13. The maximum atomic E-state index is 12.7. The first-order valence-corrected chi connectivity index (χ1v) is 5.86. The lowest BCUT2D eigenvalue weighted by molar-refractivity contribution is 0.0521. The van der Waals surface area contributed by atoms with Crippen molar-refractivity contribution in [2.75, 3.05) is 6.61 Å². The van der Waals surface area contributed by atoms with E-state index in [1.165, 1.54) is 12.1 Å². The summed E-state index contributed by atoms with van der Waals surface area (Å²) in [7, 11) is 0. The average Bonchev–Trinajstić information content (AvgIpc) is 2.88. The summed E-state index contributed by atoms with van der Waals surface area (Å²) in [5.41, 5.74) is 1.31. The number of H-pyrrole nitrogens is 1. The van der Waals surface area contributed by atoms with Gasteiger partial charge in [0.25, 0.3) is 6.43 Å². The van der Waals surface area contributed by atoms with Gasteiger partial charge < -0.3 is 9.72 Å². The van der Waals surface area contributed by atoms with Gasteiger partial charge in [0.05, 0.1) is 6.61 Å². The molecular formula is C14H13F2NO2. The Morgan fingerprint density at radius 2 is 2.16 bits per heavy atom. The van der Waals surface area contributed by atoms with E-state index >= 15 is 0 Å². The number of esters is 1. The molecule has 0 fully saturated rings. The SMILES string of the molecule is CCOC(=O)c1[nH]ccc1-c1cccc(C(F)F)c1. The molecule has 100 valence electrons. The average molecular weight is 265 g/mol. The topological polar surface area (TPSA) is 42.1 Å². The smallest absolute Gasteiger partial charge is 0.355 e. The summed E-state index contributed by atoms with van der Waals surface area (Å²) in [5, 5.41) is 0. The van der Waals surface area contributed by atoms with E-state index < -0.39 is 12.4 Å². The van der Waals surface area contributed by atoms with Gasteiger partial charge in [-0.1, -0.05) is 18.2 Å². The van der Waals surface area contributed by atoms with E-state index in [0.717, 1.165) is 0 Å². The van der Waals surface area contributed by atoms with Gasteiger partial charge in [0, 0.05) is 17.3 Å². The molecule has 0 saturated carbocycles. The molecule has 19 heavy (non-hydrogen) atoms. The number of alkyl halides is 2. The van der Waals surface area contributed by atoms with Crippen LogP contribution in [-0.4, -0.2) is 17.6 Å². The summed E-state index contributed by atoms with van der Waals surface area (Å²) in [6.07, 6.45) is -0.957. The lowest BCUT2D eigenvalue weighted by Gasteiger charge is -2.06. The third-order valence-electron chi connectivity index (χ3n) is 2.68. The third kappa shape index (κ3) is 2.81. The van der Waals surface area contributed by atoms with Gasteiger partial charge in [0.1, 0.15) is 5.69 Å². The molecule has 0 aliphatic carbocycles. The predicted octanol–water partition coefficient (Wildman–Crippen LogP) is 3.80. The van der Waals surface area contributed by atoms with Crippen LogP contribution in [0.15, 0.2) is 36.5 Å². The van der Waals surface area contributed by atoms with E-state index in [1.54, 1.807) is 31.3 Å². The molecule has 0 unspecified atom stereocenters. The van der Waals surface area contributed by atoms with Crippen LogP contribution >= 0.6 is 0 Å². The van der Waals surface area contributed by atoms with Crippen LogP contribution < -0.4 is 0 Å². The molecule has 1 N–H and O–H groups in total. The van der Waals surface area contributed by atoms with Gasteiger partial charge in [-0.25, -0.2) is 13.6 Å². The van der Waals surface area contributed by atoms with Crippen LogP contribution in [0, 0.1) is 0 Å². The van der Waals surface area contributed by atoms with Gasteiger partial charge in [-0.05, 0) is 24.6 Å². The van der Waals surface area contributed by atoms with E-state index in [2.05, 4.69) is 4.98 Å². The first-order valence-electron chi connectivity index (χ1n) is 5.86. The molecule has 0 amide bonds. The van der Waals surface area contributed by atoms with Crippen molar-refractivity contribution in [1.29, 1.82) is 0 Å². The summed E-state index contributed by atoms with van der Waals surface area (Å²) < 4.78 is 30.2. The van der Waals surface area contributed by atoms with Crippen molar-refractivity contribution in [3.05, 3.63) is 47.8 Å². The molecule has 0 atom stereocenters. The van der Waals surface area contributed by atoms with Crippen LogP contribution in [0.3, 0.4) is 0 Å². The van der Waals surface area contributed by atoms with Crippen LogP contribution in [0.1, 0.15) is 29.4 Å². The van der Waals surface area contributed by atoms with E-state index in [4.69, 9.17) is 4.74 Å². The Hall–Kier alpha value is -2.17. The fourth-order valence-corrected chi connectivity index (χ4v) is 1.82. The quantitative estimate of drug-likeness (QED) is 0.854. The van der Waals surface area contributed by atoms with Gasteiger partial charge in [-0.3, -0.25) is 0 Å². The van der Waals surface area contributed by atoms with Crippen molar-refractivity contribution in [3.63, 3.8) is 0 Å². The number of hydrogen-bond acceptors (Lipinski definition) is 2. The van der Waals surface area contributed by atoms with Crippen LogP contribution in [0.25, 0.3) is 11.1 Å². The third-order valence-corrected chi connectivity index (χ3v) is 2.68. The highest BCUT2D eigenvalue weighted by molar-refractivity contribution is 5.95. The Morgan fingerprint density at radius 3 is 2.84 bits per heavy atom. The maximum absolute atomic E-state index is 12.7. The van der Waals surface area contributed by atoms with E-state index in [9.17, 15) is 13.6 Å². The number of halogens is 2. The Labute approximate surface area is 109 Å². The standard InChI is InChI=1S/C14H13F2NO2/c1-2-19-14(18)12-11(6-7-17-12)9-4-3-5-10(8-9)13(15)16/h3-8,13,17H,2H2,1H3. The fourth-order valence-electron chi connectivity index (χ4n) is 1.82. The lowest BCUT2D eigenvalue weighted by Crippen LogP contribution is -2.06. The largest absolute Gasteiger partial charge is 0.461 e. The second kappa shape index (κ2) is 5.65. The molecule has 0 spiro atoms. The summed E-state index contributed by atoms with van der Waals surface area (Å²) in [5.74, 6) is -0.495. The predicted molar refractivity (Wildman–Crippen MR) is 67.1 cm³/mol. The van der Waals surface area contributed by atoms with Crippen molar-refractivity contribution in [3.8, 4) is 11.1 Å². The van der Waals surface area contributed by atoms with Gasteiger partial charge in [0.2, 0.25) is 0 Å². The highest BCUT2D eigenvalue weighted by Gasteiger charge is 2.16. The minimum Gasteiger partial charge on any atom is -0.461 e. The number of rotatable bonds is 4. The molecule has 3 nitrogen and oxygen atoms in total. The molecular weight excluding hydrogens is 252 g/mol. The van der Waals surface area contributed by atoms with Crippen LogP contribution in [0.5, 0.6) is 0 Å². The highest BCUT2D eigenvalue weighted by Crippen LogP contribution is 2.28. The Kier molecular flexibility index (Phi) is 3.94.